The first kappa shape index (κ1) is 14.0. The largest absolute Gasteiger partial charge is 0.372 e. The predicted molar refractivity (Wildman–Crippen MR) is 70.4 cm³/mol. The molecule has 1 aliphatic rings. The van der Waals surface area contributed by atoms with E-state index in [1.807, 2.05) is 13.0 Å². The first-order valence-electron chi connectivity index (χ1n) is 6.03. The van der Waals surface area contributed by atoms with Crippen LogP contribution in [0.5, 0.6) is 0 Å². The molecule has 1 heterocycles. The summed E-state index contributed by atoms with van der Waals surface area (Å²) < 4.78 is 29.7. The van der Waals surface area contributed by atoms with Crippen molar-refractivity contribution in [2.24, 2.45) is 0 Å². The highest BCUT2D eigenvalue weighted by molar-refractivity contribution is 7.91. The lowest BCUT2D eigenvalue weighted by molar-refractivity contribution is -0.0598. The van der Waals surface area contributed by atoms with Gasteiger partial charge in [-0.2, -0.15) is 5.26 Å². The molecule has 1 aromatic rings. The van der Waals surface area contributed by atoms with Crippen LogP contribution in [0.2, 0.25) is 0 Å². The van der Waals surface area contributed by atoms with Crippen LogP contribution in [0.1, 0.15) is 12.5 Å². The van der Waals surface area contributed by atoms with E-state index >= 15 is 0 Å². The molecule has 19 heavy (non-hydrogen) atoms. The van der Waals surface area contributed by atoms with Gasteiger partial charge in [-0.25, -0.2) is 8.42 Å². The van der Waals surface area contributed by atoms with Crippen molar-refractivity contribution in [2.75, 3.05) is 25.4 Å². The molecule has 5 nitrogen and oxygen atoms in total. The van der Waals surface area contributed by atoms with Gasteiger partial charge in [-0.3, -0.25) is 0 Å². The van der Waals surface area contributed by atoms with E-state index < -0.39 is 9.84 Å². The van der Waals surface area contributed by atoms with Crippen molar-refractivity contribution in [2.45, 2.75) is 17.4 Å². The fraction of sp³-hybridized carbons (Fsp3) is 0.462. The van der Waals surface area contributed by atoms with Crippen LogP contribution < -0.4 is 5.32 Å². The Hall–Kier alpha value is -1.42. The van der Waals surface area contributed by atoms with Gasteiger partial charge in [0.05, 0.1) is 34.5 Å². The molecule has 1 aliphatic heterocycles. The first-order valence-corrected chi connectivity index (χ1v) is 7.68. The molecule has 0 bridgehead atoms. The van der Waals surface area contributed by atoms with Gasteiger partial charge >= 0.3 is 0 Å². The van der Waals surface area contributed by atoms with Gasteiger partial charge in [0.1, 0.15) is 0 Å². The lowest BCUT2D eigenvalue weighted by Crippen LogP contribution is -2.59. The van der Waals surface area contributed by atoms with Crippen LogP contribution in [0.15, 0.2) is 29.2 Å². The quantitative estimate of drug-likeness (QED) is 0.859. The van der Waals surface area contributed by atoms with Gasteiger partial charge < -0.3 is 10.1 Å². The molecule has 0 radical (unpaired) electrons. The summed E-state index contributed by atoms with van der Waals surface area (Å²) in [5.41, 5.74) is 0.212. The van der Waals surface area contributed by atoms with Gasteiger partial charge in [0.25, 0.3) is 0 Å². The molecule has 6 heteroatoms. The van der Waals surface area contributed by atoms with Gasteiger partial charge in [0.15, 0.2) is 9.84 Å². The second-order valence-corrected chi connectivity index (χ2v) is 6.97. The van der Waals surface area contributed by atoms with Gasteiger partial charge in [-0.05, 0) is 31.2 Å². The van der Waals surface area contributed by atoms with Crippen molar-refractivity contribution in [1.82, 2.24) is 5.32 Å². The van der Waals surface area contributed by atoms with Crippen molar-refractivity contribution >= 4 is 9.84 Å². The van der Waals surface area contributed by atoms with Crippen LogP contribution in [-0.4, -0.2) is 39.5 Å². The minimum atomic E-state index is -3.35. The molecular formula is C13H16N2O3S. The topological polar surface area (TPSA) is 79.2 Å². The number of hydrogen-bond acceptors (Lipinski definition) is 5. The molecule has 0 saturated carbocycles. The number of nitriles is 1. The zero-order chi connectivity index (χ0) is 13.9. The molecule has 0 atom stereocenters. The summed E-state index contributed by atoms with van der Waals surface area (Å²) in [5.74, 6) is -0.0471. The highest BCUT2D eigenvalue weighted by Crippen LogP contribution is 2.17. The maximum Gasteiger partial charge on any atom is 0.180 e. The third-order valence-corrected chi connectivity index (χ3v) is 4.84. The van der Waals surface area contributed by atoms with Crippen LogP contribution in [0.3, 0.4) is 0 Å². The number of nitrogens with one attached hydrogen (secondary N) is 1. The Labute approximate surface area is 113 Å². The smallest absolute Gasteiger partial charge is 0.180 e. The van der Waals surface area contributed by atoms with E-state index in [2.05, 4.69) is 5.32 Å². The molecule has 102 valence electrons. The minimum absolute atomic E-state index is 0.0471. The van der Waals surface area contributed by atoms with Crippen LogP contribution in [0.4, 0.5) is 0 Å². The van der Waals surface area contributed by atoms with E-state index in [9.17, 15) is 8.42 Å². The number of rotatable bonds is 5. The van der Waals surface area contributed by atoms with Crippen molar-refractivity contribution in [3.63, 3.8) is 0 Å². The Morgan fingerprint density at radius 3 is 2.47 bits per heavy atom. The molecule has 0 aliphatic carbocycles. The van der Waals surface area contributed by atoms with Crippen molar-refractivity contribution in [3.8, 4) is 6.07 Å². The average molecular weight is 280 g/mol. The molecule has 0 unspecified atom stereocenters. The Balaban J connectivity index is 1.95. The van der Waals surface area contributed by atoms with Crippen molar-refractivity contribution < 1.29 is 13.2 Å². The zero-order valence-corrected chi connectivity index (χ0v) is 11.5. The molecule has 1 fully saturated rings. The van der Waals surface area contributed by atoms with Gasteiger partial charge in [0.2, 0.25) is 0 Å². The number of benzene rings is 1. The Bertz CT molecular complexity index is 583. The van der Waals surface area contributed by atoms with Gasteiger partial charge in [-0.15, -0.1) is 0 Å². The molecule has 0 spiro atoms. The number of ether oxygens (including phenoxy) is 1. The van der Waals surface area contributed by atoms with Crippen molar-refractivity contribution in [1.29, 1.82) is 5.26 Å². The molecule has 2 rings (SSSR count). The number of hydrogen-bond donors (Lipinski definition) is 1. The van der Waals surface area contributed by atoms with Crippen LogP contribution in [-0.2, 0) is 14.6 Å². The van der Waals surface area contributed by atoms with Gasteiger partial charge in [-0.1, -0.05) is 0 Å². The Morgan fingerprint density at radius 1 is 1.37 bits per heavy atom. The van der Waals surface area contributed by atoms with Crippen LogP contribution in [0, 0.1) is 11.3 Å². The molecule has 1 aromatic carbocycles. The second kappa shape index (κ2) is 5.29. The summed E-state index contributed by atoms with van der Waals surface area (Å²) >= 11 is 0. The SMILES string of the molecule is CC1(OCCS(=O)(=O)c2ccc(C#N)cc2)CNC1. The highest BCUT2D eigenvalue weighted by Gasteiger charge is 2.32. The molecule has 1 saturated heterocycles. The highest BCUT2D eigenvalue weighted by atomic mass is 32.2. The fourth-order valence-electron chi connectivity index (χ4n) is 1.83. The molecule has 0 amide bonds. The average Bonchev–Trinajstić information content (AvgIpc) is 2.36. The predicted octanol–water partition coefficient (Wildman–Crippen LogP) is 0.710. The summed E-state index contributed by atoms with van der Waals surface area (Å²) in [6, 6.07) is 7.88. The van der Waals surface area contributed by atoms with E-state index in [0.717, 1.165) is 13.1 Å². The standard InChI is InChI=1S/C13H16N2O3S/c1-13(9-15-10-13)18-6-7-19(16,17)12-4-2-11(8-14)3-5-12/h2-5,15H,6-7,9-10H2,1H3. The summed E-state index contributed by atoms with van der Waals surface area (Å²) in [5, 5.41) is 11.8. The van der Waals surface area contributed by atoms with Gasteiger partial charge in [0, 0.05) is 13.1 Å². The zero-order valence-electron chi connectivity index (χ0n) is 10.7. The van der Waals surface area contributed by atoms with E-state index in [1.165, 1.54) is 24.3 Å². The van der Waals surface area contributed by atoms with E-state index in [1.54, 1.807) is 0 Å². The third-order valence-electron chi connectivity index (χ3n) is 3.14. The number of nitrogens with zero attached hydrogens (tertiary/aromatic N) is 1. The van der Waals surface area contributed by atoms with Crippen molar-refractivity contribution in [3.05, 3.63) is 29.8 Å². The molecular weight excluding hydrogens is 264 g/mol. The monoisotopic (exact) mass is 280 g/mol. The summed E-state index contributed by atoms with van der Waals surface area (Å²) in [6.07, 6.45) is 0. The molecule has 1 N–H and O–H groups in total. The van der Waals surface area contributed by atoms with Crippen LogP contribution in [0.25, 0.3) is 0 Å². The third kappa shape index (κ3) is 3.32. The van der Waals surface area contributed by atoms with E-state index in [4.69, 9.17) is 10.00 Å². The maximum atomic E-state index is 12.0. The van der Waals surface area contributed by atoms with E-state index in [0.29, 0.717) is 5.56 Å². The normalized spacial score (nSPS) is 17.5. The summed E-state index contributed by atoms with van der Waals surface area (Å²) in [7, 11) is -3.35. The second-order valence-electron chi connectivity index (χ2n) is 4.86. The number of sulfone groups is 1. The Morgan fingerprint density at radius 2 is 2.00 bits per heavy atom. The lowest BCUT2D eigenvalue weighted by atomic mass is 10.0. The van der Waals surface area contributed by atoms with E-state index in [-0.39, 0.29) is 22.9 Å². The molecule has 0 aromatic heterocycles. The minimum Gasteiger partial charge on any atom is -0.372 e. The summed E-state index contributed by atoms with van der Waals surface area (Å²) in [6.45, 7) is 3.65. The Kier molecular flexibility index (Phi) is 3.90. The summed E-state index contributed by atoms with van der Waals surface area (Å²) in [4.78, 5) is 0.229. The lowest BCUT2D eigenvalue weighted by Gasteiger charge is -2.39. The fourth-order valence-corrected chi connectivity index (χ4v) is 2.92. The van der Waals surface area contributed by atoms with Crippen LogP contribution >= 0.6 is 0 Å². The maximum absolute atomic E-state index is 12.0. The first-order chi connectivity index (χ1) is 8.95.